The molecule has 1 fully saturated rings. The first-order valence-electron chi connectivity index (χ1n) is 10.8. The van der Waals surface area contributed by atoms with Crippen LogP contribution in [0, 0.1) is 0 Å². The fraction of sp³-hybridized carbons (Fsp3) is 0.455. The zero-order valence-corrected chi connectivity index (χ0v) is 20.6. The zero-order valence-electron chi connectivity index (χ0n) is 18.9. The van der Waals surface area contributed by atoms with E-state index < -0.39 is 0 Å². The molecular formula is C22H28N6O3S2. The van der Waals surface area contributed by atoms with E-state index in [1.165, 1.54) is 11.3 Å². The van der Waals surface area contributed by atoms with E-state index in [-0.39, 0.29) is 29.6 Å². The lowest BCUT2D eigenvalue weighted by Crippen LogP contribution is -2.53. The lowest BCUT2D eigenvalue weighted by atomic mass is 10.1. The van der Waals surface area contributed by atoms with Crippen molar-refractivity contribution in [3.05, 3.63) is 39.1 Å². The number of nitrogens with zero attached hydrogens (tertiary/aromatic N) is 3. The maximum atomic E-state index is 12.8. The maximum Gasteiger partial charge on any atom is 0.317 e. The number of H-pyrrole nitrogens is 1. The second-order valence-corrected chi connectivity index (χ2v) is 10.8. The number of rotatable bonds is 5. The van der Waals surface area contributed by atoms with Gasteiger partial charge in [-0.2, -0.15) is 0 Å². The third kappa shape index (κ3) is 5.79. The number of nitrogens with one attached hydrogen (secondary N) is 3. The van der Waals surface area contributed by atoms with Crippen LogP contribution in [0.1, 0.15) is 26.6 Å². The summed E-state index contributed by atoms with van der Waals surface area (Å²) in [6, 6.07) is 3.73. The number of thiophene rings is 2. The number of fused-ring (bicyclic) bond motifs is 1. The Morgan fingerprint density at radius 3 is 2.61 bits per heavy atom. The molecule has 3 aromatic rings. The molecule has 0 spiro atoms. The Kier molecular flexibility index (Phi) is 6.82. The third-order valence-electron chi connectivity index (χ3n) is 5.23. The van der Waals surface area contributed by atoms with E-state index in [1.54, 1.807) is 16.2 Å². The van der Waals surface area contributed by atoms with Gasteiger partial charge in [-0.15, -0.1) is 22.7 Å². The first kappa shape index (κ1) is 23.4. The SMILES string of the molecule is CC(C)(C)NC(=O)CNC(=O)N1CCN(Cc2nc3scc(-c4cccs4)c3c(=O)[nH]2)CC1. The third-order valence-corrected chi connectivity index (χ3v) is 7.00. The standard InChI is InChI=1S/C22H28N6O3S2/c1-22(2,3)26-17(29)11-23-21(31)28-8-6-27(7-9-28)12-16-24-19(30)18-14(13-33-20(18)25-16)15-5-4-10-32-15/h4-5,10,13H,6-9,11-12H2,1-3H3,(H,23,31)(H,26,29)(H,24,25,30). The average Bonchev–Trinajstić information content (AvgIpc) is 3.41. The van der Waals surface area contributed by atoms with Crippen molar-refractivity contribution < 1.29 is 9.59 Å². The van der Waals surface area contributed by atoms with E-state index in [4.69, 9.17) is 0 Å². The Morgan fingerprint density at radius 2 is 1.94 bits per heavy atom. The highest BCUT2D eigenvalue weighted by Gasteiger charge is 2.23. The highest BCUT2D eigenvalue weighted by Crippen LogP contribution is 2.33. The van der Waals surface area contributed by atoms with Gasteiger partial charge in [0.15, 0.2) is 0 Å². The van der Waals surface area contributed by atoms with E-state index in [9.17, 15) is 14.4 Å². The fourth-order valence-corrected chi connectivity index (χ4v) is 5.51. The van der Waals surface area contributed by atoms with Gasteiger partial charge in [0, 0.05) is 47.5 Å². The highest BCUT2D eigenvalue weighted by molar-refractivity contribution is 7.18. The van der Waals surface area contributed by atoms with Gasteiger partial charge in [-0.3, -0.25) is 14.5 Å². The van der Waals surface area contributed by atoms with Gasteiger partial charge in [-0.05, 0) is 32.2 Å². The van der Waals surface area contributed by atoms with Crippen LogP contribution in [0.3, 0.4) is 0 Å². The van der Waals surface area contributed by atoms with E-state index in [0.29, 0.717) is 43.9 Å². The predicted molar refractivity (Wildman–Crippen MR) is 132 cm³/mol. The van der Waals surface area contributed by atoms with E-state index in [1.807, 2.05) is 43.7 Å². The van der Waals surface area contributed by atoms with Crippen molar-refractivity contribution in [2.75, 3.05) is 32.7 Å². The first-order valence-corrected chi connectivity index (χ1v) is 12.6. The number of urea groups is 1. The molecule has 1 aliphatic rings. The summed E-state index contributed by atoms with van der Waals surface area (Å²) in [5.74, 6) is 0.416. The molecule has 0 aliphatic carbocycles. The minimum Gasteiger partial charge on any atom is -0.350 e. The molecule has 0 saturated carbocycles. The van der Waals surface area contributed by atoms with Crippen molar-refractivity contribution in [3.8, 4) is 10.4 Å². The van der Waals surface area contributed by atoms with E-state index in [2.05, 4.69) is 25.5 Å². The summed E-state index contributed by atoms with van der Waals surface area (Å²) in [6.45, 7) is 8.56. The molecule has 0 bridgehead atoms. The molecule has 0 unspecified atom stereocenters. The van der Waals surface area contributed by atoms with Crippen LogP contribution < -0.4 is 16.2 Å². The Morgan fingerprint density at radius 1 is 1.18 bits per heavy atom. The van der Waals surface area contributed by atoms with Gasteiger partial charge >= 0.3 is 6.03 Å². The van der Waals surface area contributed by atoms with Gasteiger partial charge in [-0.1, -0.05) is 6.07 Å². The number of piperazine rings is 1. The monoisotopic (exact) mass is 488 g/mol. The molecule has 1 aliphatic heterocycles. The van der Waals surface area contributed by atoms with Gasteiger partial charge in [0.2, 0.25) is 5.91 Å². The summed E-state index contributed by atoms with van der Waals surface area (Å²) >= 11 is 3.09. The van der Waals surface area contributed by atoms with Crippen molar-refractivity contribution >= 4 is 44.8 Å². The lowest BCUT2D eigenvalue weighted by molar-refractivity contribution is -0.121. The fourth-order valence-electron chi connectivity index (χ4n) is 3.73. The molecule has 3 N–H and O–H groups in total. The molecule has 9 nitrogen and oxygen atoms in total. The minimum atomic E-state index is -0.333. The summed E-state index contributed by atoms with van der Waals surface area (Å²) in [4.78, 5) is 50.3. The van der Waals surface area contributed by atoms with Crippen molar-refractivity contribution in [3.63, 3.8) is 0 Å². The van der Waals surface area contributed by atoms with Crippen molar-refractivity contribution in [2.24, 2.45) is 0 Å². The summed E-state index contributed by atoms with van der Waals surface area (Å²) in [5.41, 5.74) is 0.479. The average molecular weight is 489 g/mol. The molecule has 0 aromatic carbocycles. The molecule has 3 amide bonds. The largest absolute Gasteiger partial charge is 0.350 e. The summed E-state index contributed by atoms with van der Waals surface area (Å²) < 4.78 is 0. The number of hydrogen-bond acceptors (Lipinski definition) is 7. The molecule has 0 atom stereocenters. The predicted octanol–water partition coefficient (Wildman–Crippen LogP) is 2.46. The molecule has 33 heavy (non-hydrogen) atoms. The number of hydrogen-bond donors (Lipinski definition) is 3. The molecule has 1 saturated heterocycles. The second-order valence-electron chi connectivity index (χ2n) is 9.04. The molecule has 3 aromatic heterocycles. The van der Waals surface area contributed by atoms with Crippen LogP contribution in [0.5, 0.6) is 0 Å². The van der Waals surface area contributed by atoms with Crippen LogP contribution in [0.15, 0.2) is 27.7 Å². The normalized spacial score (nSPS) is 15.1. The Bertz CT molecular complexity index is 1190. The quantitative estimate of drug-likeness (QED) is 0.511. The summed E-state index contributed by atoms with van der Waals surface area (Å²) in [7, 11) is 0. The van der Waals surface area contributed by atoms with Crippen LogP contribution in [-0.4, -0.2) is 70.0 Å². The van der Waals surface area contributed by atoms with E-state index >= 15 is 0 Å². The minimum absolute atomic E-state index is 0.0459. The van der Waals surface area contributed by atoms with Crippen LogP contribution >= 0.6 is 22.7 Å². The number of aromatic amines is 1. The Hall–Kier alpha value is -2.76. The number of aromatic nitrogens is 2. The van der Waals surface area contributed by atoms with Gasteiger partial charge < -0.3 is 20.5 Å². The zero-order chi connectivity index (χ0) is 23.6. The summed E-state index contributed by atoms with van der Waals surface area (Å²) in [5, 5.41) is 10.1. The van der Waals surface area contributed by atoms with Crippen LogP contribution in [-0.2, 0) is 11.3 Å². The van der Waals surface area contributed by atoms with Gasteiger partial charge in [0.25, 0.3) is 5.56 Å². The molecular weight excluding hydrogens is 460 g/mol. The van der Waals surface area contributed by atoms with Crippen molar-refractivity contribution in [2.45, 2.75) is 32.9 Å². The Labute approximate surface area is 199 Å². The summed E-state index contributed by atoms with van der Waals surface area (Å²) in [6.07, 6.45) is 0. The van der Waals surface area contributed by atoms with Gasteiger partial charge in [-0.25, -0.2) is 9.78 Å². The van der Waals surface area contributed by atoms with Crippen LogP contribution in [0.4, 0.5) is 4.79 Å². The second kappa shape index (κ2) is 9.62. The molecule has 11 heteroatoms. The Balaban J connectivity index is 1.31. The number of carbonyl (C=O) groups is 2. The molecule has 0 radical (unpaired) electrons. The van der Waals surface area contributed by atoms with Crippen molar-refractivity contribution in [1.82, 2.24) is 30.4 Å². The maximum absolute atomic E-state index is 12.8. The van der Waals surface area contributed by atoms with Gasteiger partial charge in [0.05, 0.1) is 18.5 Å². The first-order chi connectivity index (χ1) is 15.7. The highest BCUT2D eigenvalue weighted by atomic mass is 32.1. The lowest BCUT2D eigenvalue weighted by Gasteiger charge is -2.34. The topological polar surface area (TPSA) is 110 Å². The van der Waals surface area contributed by atoms with Crippen molar-refractivity contribution in [1.29, 1.82) is 0 Å². The smallest absolute Gasteiger partial charge is 0.317 e. The van der Waals surface area contributed by atoms with E-state index in [0.717, 1.165) is 15.3 Å². The van der Waals surface area contributed by atoms with Crippen LogP contribution in [0.25, 0.3) is 20.7 Å². The number of carbonyl (C=O) groups excluding carboxylic acids is 2. The van der Waals surface area contributed by atoms with Gasteiger partial charge in [0.1, 0.15) is 10.7 Å². The molecule has 4 heterocycles. The number of amides is 3. The van der Waals surface area contributed by atoms with Crippen LogP contribution in [0.2, 0.25) is 0 Å². The molecule has 4 rings (SSSR count). The molecule has 176 valence electrons.